The topological polar surface area (TPSA) is 33.4 Å². The zero-order chi connectivity index (χ0) is 9.47. The lowest BCUT2D eigenvalue weighted by atomic mass is 9.61. The maximum atomic E-state index is 10.2. The molecule has 0 amide bonds. The van der Waals surface area contributed by atoms with E-state index in [1.165, 1.54) is 0 Å². The Kier molecular flexibility index (Phi) is 1.95. The first kappa shape index (κ1) is 8.82. The fourth-order valence-corrected chi connectivity index (χ4v) is 2.24. The molecule has 1 aromatic rings. The predicted molar refractivity (Wildman–Crippen MR) is 50.3 cm³/mol. The smallest absolute Gasteiger partial charge is 0.106 e. The van der Waals surface area contributed by atoms with Crippen LogP contribution in [0.3, 0.4) is 0 Å². The molecule has 0 saturated heterocycles. The van der Waals surface area contributed by atoms with Crippen molar-refractivity contribution in [2.75, 3.05) is 0 Å². The molecule has 1 aliphatic rings. The molecule has 0 spiro atoms. The van der Waals surface area contributed by atoms with Crippen LogP contribution in [0.4, 0.5) is 0 Å². The number of hydrogen-bond acceptors (Lipinski definition) is 2. The summed E-state index contributed by atoms with van der Waals surface area (Å²) in [5, 5.41) is 10.2. The van der Waals surface area contributed by atoms with Gasteiger partial charge in [0.2, 0.25) is 0 Å². The van der Waals surface area contributed by atoms with Gasteiger partial charge in [0.25, 0.3) is 0 Å². The molecule has 2 nitrogen and oxygen atoms in total. The highest BCUT2D eigenvalue weighted by Gasteiger charge is 2.47. The molecule has 3 atom stereocenters. The van der Waals surface area contributed by atoms with Gasteiger partial charge in [0, 0.05) is 6.42 Å². The van der Waals surface area contributed by atoms with E-state index in [1.54, 1.807) is 6.26 Å². The number of hydrogen-bond donors (Lipinski definition) is 1. The van der Waals surface area contributed by atoms with Gasteiger partial charge in [-0.1, -0.05) is 13.8 Å². The summed E-state index contributed by atoms with van der Waals surface area (Å²) >= 11 is 0. The normalized spacial score (nSPS) is 38.7. The molecule has 1 aromatic heterocycles. The summed E-state index contributed by atoms with van der Waals surface area (Å²) in [5.74, 6) is 1.92. The standard InChI is InChI=1S/C11H16O2/c1-8-6-11(12,9(8)2)7-10-4-3-5-13-10/h3-5,8-9,12H,6-7H2,1-2H3. The molecule has 1 saturated carbocycles. The van der Waals surface area contributed by atoms with E-state index < -0.39 is 5.60 Å². The summed E-state index contributed by atoms with van der Waals surface area (Å²) in [6.45, 7) is 4.29. The molecule has 0 bridgehead atoms. The van der Waals surface area contributed by atoms with E-state index in [2.05, 4.69) is 13.8 Å². The molecular formula is C11H16O2. The lowest BCUT2D eigenvalue weighted by molar-refractivity contribution is -0.126. The third-order valence-electron chi connectivity index (χ3n) is 3.44. The second-order valence-electron chi connectivity index (χ2n) is 4.33. The Balaban J connectivity index is 2.03. The summed E-state index contributed by atoms with van der Waals surface area (Å²) in [6.07, 6.45) is 3.21. The van der Waals surface area contributed by atoms with Crippen LogP contribution >= 0.6 is 0 Å². The van der Waals surface area contributed by atoms with Crippen LogP contribution in [0.5, 0.6) is 0 Å². The van der Waals surface area contributed by atoms with Crippen LogP contribution < -0.4 is 0 Å². The van der Waals surface area contributed by atoms with Crippen LogP contribution in [0.25, 0.3) is 0 Å². The summed E-state index contributed by atoms with van der Waals surface area (Å²) in [6, 6.07) is 3.79. The van der Waals surface area contributed by atoms with E-state index in [0.717, 1.165) is 12.2 Å². The number of rotatable bonds is 2. The second kappa shape index (κ2) is 2.88. The quantitative estimate of drug-likeness (QED) is 0.757. The van der Waals surface area contributed by atoms with E-state index in [-0.39, 0.29) is 0 Å². The van der Waals surface area contributed by atoms with Gasteiger partial charge < -0.3 is 9.52 Å². The van der Waals surface area contributed by atoms with Gasteiger partial charge in [-0.05, 0) is 30.4 Å². The Labute approximate surface area is 78.6 Å². The van der Waals surface area contributed by atoms with Crippen molar-refractivity contribution >= 4 is 0 Å². The lowest BCUT2D eigenvalue weighted by Gasteiger charge is -2.48. The summed E-state index contributed by atoms with van der Waals surface area (Å²) in [5.41, 5.74) is -0.517. The maximum absolute atomic E-state index is 10.2. The van der Waals surface area contributed by atoms with Crippen molar-refractivity contribution in [1.29, 1.82) is 0 Å². The van der Waals surface area contributed by atoms with Gasteiger partial charge in [-0.15, -0.1) is 0 Å². The first-order chi connectivity index (χ1) is 6.12. The van der Waals surface area contributed by atoms with E-state index in [0.29, 0.717) is 18.3 Å². The minimum Gasteiger partial charge on any atom is -0.469 e. The Morgan fingerprint density at radius 1 is 1.62 bits per heavy atom. The van der Waals surface area contributed by atoms with Gasteiger partial charge in [0.15, 0.2) is 0 Å². The average Bonchev–Trinajstić information content (AvgIpc) is 2.56. The van der Waals surface area contributed by atoms with Crippen LogP contribution in [0.1, 0.15) is 26.0 Å². The van der Waals surface area contributed by atoms with Gasteiger partial charge in [0.1, 0.15) is 5.76 Å². The molecule has 1 N–H and O–H groups in total. The molecular weight excluding hydrogens is 164 g/mol. The minimum absolute atomic E-state index is 0.387. The largest absolute Gasteiger partial charge is 0.469 e. The van der Waals surface area contributed by atoms with E-state index in [4.69, 9.17) is 4.42 Å². The highest BCUT2D eigenvalue weighted by molar-refractivity contribution is 5.08. The lowest BCUT2D eigenvalue weighted by Crippen LogP contribution is -2.52. The highest BCUT2D eigenvalue weighted by Crippen LogP contribution is 2.45. The summed E-state index contributed by atoms with van der Waals surface area (Å²) < 4.78 is 5.23. The molecule has 0 radical (unpaired) electrons. The van der Waals surface area contributed by atoms with Gasteiger partial charge in [-0.2, -0.15) is 0 Å². The molecule has 3 unspecified atom stereocenters. The first-order valence-corrected chi connectivity index (χ1v) is 4.86. The first-order valence-electron chi connectivity index (χ1n) is 4.86. The van der Waals surface area contributed by atoms with Gasteiger partial charge >= 0.3 is 0 Å². The third kappa shape index (κ3) is 1.39. The van der Waals surface area contributed by atoms with Crippen LogP contribution in [0.2, 0.25) is 0 Å². The van der Waals surface area contributed by atoms with E-state index in [9.17, 15) is 5.11 Å². The van der Waals surface area contributed by atoms with Crippen LogP contribution in [-0.2, 0) is 6.42 Å². The Hall–Kier alpha value is -0.760. The molecule has 72 valence electrons. The van der Waals surface area contributed by atoms with Crippen molar-refractivity contribution in [3.05, 3.63) is 24.2 Å². The predicted octanol–water partition coefficient (Wildman–Crippen LogP) is 2.23. The van der Waals surface area contributed by atoms with Crippen molar-refractivity contribution in [2.45, 2.75) is 32.3 Å². The van der Waals surface area contributed by atoms with E-state index >= 15 is 0 Å². The van der Waals surface area contributed by atoms with Gasteiger partial charge in [-0.25, -0.2) is 0 Å². The summed E-state index contributed by atoms with van der Waals surface area (Å²) in [7, 11) is 0. The zero-order valence-electron chi connectivity index (χ0n) is 8.16. The molecule has 1 heterocycles. The Morgan fingerprint density at radius 3 is 2.85 bits per heavy atom. The van der Waals surface area contributed by atoms with Crippen LogP contribution in [-0.4, -0.2) is 10.7 Å². The van der Waals surface area contributed by atoms with Crippen LogP contribution in [0, 0.1) is 11.8 Å². The van der Waals surface area contributed by atoms with Gasteiger partial charge in [-0.3, -0.25) is 0 Å². The van der Waals surface area contributed by atoms with Gasteiger partial charge in [0.05, 0.1) is 11.9 Å². The number of furan rings is 1. The van der Waals surface area contributed by atoms with Crippen molar-refractivity contribution in [2.24, 2.45) is 11.8 Å². The molecule has 1 fully saturated rings. The maximum Gasteiger partial charge on any atom is 0.106 e. The third-order valence-corrected chi connectivity index (χ3v) is 3.44. The molecule has 2 heteroatoms. The van der Waals surface area contributed by atoms with E-state index in [1.807, 2.05) is 12.1 Å². The Morgan fingerprint density at radius 2 is 2.38 bits per heavy atom. The van der Waals surface area contributed by atoms with Crippen molar-refractivity contribution in [3.8, 4) is 0 Å². The SMILES string of the molecule is CC1CC(O)(Cc2ccco2)C1C. The zero-order valence-corrected chi connectivity index (χ0v) is 8.16. The van der Waals surface area contributed by atoms with Crippen LogP contribution in [0.15, 0.2) is 22.8 Å². The molecule has 1 aliphatic carbocycles. The fourth-order valence-electron chi connectivity index (χ4n) is 2.24. The fraction of sp³-hybridized carbons (Fsp3) is 0.636. The molecule has 0 aromatic carbocycles. The highest BCUT2D eigenvalue weighted by atomic mass is 16.3. The van der Waals surface area contributed by atoms with Crippen molar-refractivity contribution < 1.29 is 9.52 Å². The Bertz CT molecular complexity index is 278. The average molecular weight is 180 g/mol. The van der Waals surface area contributed by atoms with Crippen molar-refractivity contribution in [1.82, 2.24) is 0 Å². The minimum atomic E-state index is -0.517. The number of aliphatic hydroxyl groups is 1. The summed E-state index contributed by atoms with van der Waals surface area (Å²) in [4.78, 5) is 0. The monoisotopic (exact) mass is 180 g/mol. The van der Waals surface area contributed by atoms with Crippen molar-refractivity contribution in [3.63, 3.8) is 0 Å². The second-order valence-corrected chi connectivity index (χ2v) is 4.33. The molecule has 13 heavy (non-hydrogen) atoms. The molecule has 0 aliphatic heterocycles. The molecule has 2 rings (SSSR count).